The van der Waals surface area contributed by atoms with E-state index < -0.39 is 23.5 Å². The number of halogens is 2. The van der Waals surface area contributed by atoms with Gasteiger partial charge in [0.2, 0.25) is 0 Å². The summed E-state index contributed by atoms with van der Waals surface area (Å²) < 4.78 is 19.6. The van der Waals surface area contributed by atoms with Gasteiger partial charge in [-0.1, -0.05) is 15.9 Å². The quantitative estimate of drug-likeness (QED) is 0.331. The summed E-state index contributed by atoms with van der Waals surface area (Å²) >= 11 is 3.14. The van der Waals surface area contributed by atoms with Crippen molar-refractivity contribution in [2.24, 2.45) is 5.10 Å². The molecule has 29 heavy (non-hydrogen) atoms. The predicted octanol–water partition coefficient (Wildman–Crippen LogP) is 2.19. The number of carbonyl (C=O) groups excluding carboxylic acids is 3. The van der Waals surface area contributed by atoms with E-state index in [4.69, 9.17) is 4.74 Å². The number of nitrogens with zero attached hydrogens (tertiary/aromatic N) is 1. The number of nitrogens with one attached hydrogen (secondary N) is 3. The Bertz CT molecular complexity index is 919. The van der Waals surface area contributed by atoms with Gasteiger partial charge in [-0.25, -0.2) is 9.82 Å². The maximum absolute atomic E-state index is 13.7. The van der Waals surface area contributed by atoms with Crippen molar-refractivity contribution < 1.29 is 23.5 Å². The average Bonchev–Trinajstić information content (AvgIpc) is 2.69. The van der Waals surface area contributed by atoms with Crippen LogP contribution in [-0.2, 0) is 14.4 Å². The smallest absolute Gasteiger partial charge is 0.329 e. The van der Waals surface area contributed by atoms with Crippen molar-refractivity contribution in [1.29, 1.82) is 0 Å². The zero-order chi connectivity index (χ0) is 21.2. The molecule has 0 atom stereocenters. The molecule has 10 heteroatoms. The topological polar surface area (TPSA) is 109 Å². The molecular weight excluding hydrogens is 447 g/mol. The highest BCUT2D eigenvalue weighted by molar-refractivity contribution is 9.10. The van der Waals surface area contributed by atoms with E-state index in [0.717, 1.165) is 0 Å². The molecule has 0 saturated heterocycles. The fraction of sp³-hybridized carbons (Fsp3) is 0.158. The summed E-state index contributed by atoms with van der Waals surface area (Å²) in [6.45, 7) is 1.74. The van der Waals surface area contributed by atoms with Gasteiger partial charge in [0.25, 0.3) is 5.91 Å². The van der Waals surface area contributed by atoms with Crippen LogP contribution in [0.2, 0.25) is 0 Å². The predicted molar refractivity (Wildman–Crippen MR) is 109 cm³/mol. The van der Waals surface area contributed by atoms with Gasteiger partial charge < -0.3 is 15.4 Å². The molecule has 0 spiro atoms. The van der Waals surface area contributed by atoms with E-state index in [2.05, 4.69) is 37.1 Å². The fourth-order valence-corrected chi connectivity index (χ4v) is 2.37. The Morgan fingerprint density at radius 1 is 1.14 bits per heavy atom. The maximum atomic E-state index is 13.7. The summed E-state index contributed by atoms with van der Waals surface area (Å²) in [4.78, 5) is 34.5. The van der Waals surface area contributed by atoms with Gasteiger partial charge in [0, 0.05) is 11.0 Å². The third kappa shape index (κ3) is 7.34. The van der Waals surface area contributed by atoms with Gasteiger partial charge >= 0.3 is 11.8 Å². The van der Waals surface area contributed by atoms with Crippen molar-refractivity contribution in [3.05, 3.63) is 58.3 Å². The molecule has 152 valence electrons. The van der Waals surface area contributed by atoms with Gasteiger partial charge in [0.05, 0.1) is 11.9 Å². The molecule has 0 aromatic heterocycles. The third-order valence-corrected chi connectivity index (χ3v) is 3.87. The number of rotatable bonds is 7. The molecule has 0 heterocycles. The molecule has 0 fully saturated rings. The summed E-state index contributed by atoms with van der Waals surface area (Å²) in [5.41, 5.74) is 2.79. The summed E-state index contributed by atoms with van der Waals surface area (Å²) in [6, 6.07) is 10.8. The highest BCUT2D eigenvalue weighted by Gasteiger charge is 2.10. The Morgan fingerprint density at radius 3 is 2.52 bits per heavy atom. The highest BCUT2D eigenvalue weighted by atomic mass is 79.9. The molecule has 3 amide bonds. The van der Waals surface area contributed by atoms with Gasteiger partial charge in [-0.15, -0.1) is 0 Å². The van der Waals surface area contributed by atoms with Gasteiger partial charge in [-0.3, -0.25) is 14.4 Å². The Balaban J connectivity index is 1.81. The number of ether oxygens (including phenoxy) is 1. The van der Waals surface area contributed by atoms with E-state index in [1.807, 2.05) is 0 Å². The van der Waals surface area contributed by atoms with Gasteiger partial charge in [0.15, 0.2) is 6.61 Å². The van der Waals surface area contributed by atoms with E-state index in [1.165, 1.54) is 18.3 Å². The number of likely N-dealkylation sites (N-methyl/N-ethyl adjacent to an activating group) is 1. The minimum absolute atomic E-state index is 0.0584. The van der Waals surface area contributed by atoms with Crippen LogP contribution < -0.4 is 20.8 Å². The molecule has 3 N–H and O–H groups in total. The molecule has 0 aliphatic heterocycles. The Labute approximate surface area is 174 Å². The van der Waals surface area contributed by atoms with E-state index in [1.54, 1.807) is 37.3 Å². The van der Waals surface area contributed by atoms with Crippen LogP contribution in [0.4, 0.5) is 10.1 Å². The van der Waals surface area contributed by atoms with Crippen molar-refractivity contribution in [1.82, 2.24) is 10.7 Å². The molecule has 8 nitrogen and oxygen atoms in total. The van der Waals surface area contributed by atoms with Crippen LogP contribution >= 0.6 is 15.9 Å². The van der Waals surface area contributed by atoms with Gasteiger partial charge in [0.1, 0.15) is 11.6 Å². The lowest BCUT2D eigenvalue weighted by atomic mass is 10.2. The molecule has 0 unspecified atom stereocenters. The number of benzene rings is 2. The highest BCUT2D eigenvalue weighted by Crippen LogP contribution is 2.19. The number of hydrogen-bond donors (Lipinski definition) is 3. The normalized spacial score (nSPS) is 10.4. The lowest BCUT2D eigenvalue weighted by Gasteiger charge is -2.08. The van der Waals surface area contributed by atoms with Crippen LogP contribution in [0.15, 0.2) is 52.0 Å². The van der Waals surface area contributed by atoms with Crippen molar-refractivity contribution in [2.45, 2.75) is 6.92 Å². The zero-order valence-corrected chi connectivity index (χ0v) is 17.0. The Morgan fingerprint density at radius 2 is 1.86 bits per heavy atom. The van der Waals surface area contributed by atoms with Crippen LogP contribution in [0.1, 0.15) is 12.5 Å². The van der Waals surface area contributed by atoms with Crippen LogP contribution in [0.5, 0.6) is 5.75 Å². The molecule has 0 saturated carbocycles. The van der Waals surface area contributed by atoms with Crippen molar-refractivity contribution in [2.75, 3.05) is 18.5 Å². The van der Waals surface area contributed by atoms with Crippen molar-refractivity contribution in [3.63, 3.8) is 0 Å². The summed E-state index contributed by atoms with van der Waals surface area (Å²) in [5, 5.41) is 8.45. The van der Waals surface area contributed by atoms with Gasteiger partial charge in [-0.05, 0) is 55.0 Å². The lowest BCUT2D eigenvalue weighted by molar-refractivity contribution is -0.139. The largest absolute Gasteiger partial charge is 0.484 e. The van der Waals surface area contributed by atoms with Crippen LogP contribution in [0.25, 0.3) is 0 Å². The maximum Gasteiger partial charge on any atom is 0.329 e. The minimum Gasteiger partial charge on any atom is -0.484 e. The van der Waals surface area contributed by atoms with Gasteiger partial charge in [-0.2, -0.15) is 5.10 Å². The third-order valence-electron chi connectivity index (χ3n) is 3.38. The Hall–Kier alpha value is -3.27. The number of hydrazone groups is 1. The number of amides is 3. The standard InChI is InChI=1S/C19H18BrFN4O4/c1-2-22-18(27)19(28)25-23-10-12-3-6-14(7-4-12)29-11-17(26)24-16-8-5-13(20)9-15(16)21/h3-10H,2,11H2,1H3,(H,22,27)(H,24,26)(H,25,28)/b23-10-. The van der Waals surface area contributed by atoms with Crippen molar-refractivity contribution >= 4 is 45.6 Å². The van der Waals surface area contributed by atoms with Crippen LogP contribution in [-0.4, -0.2) is 37.1 Å². The Kier molecular flexibility index (Phi) is 8.28. The first-order valence-corrected chi connectivity index (χ1v) is 9.27. The molecule has 0 aliphatic rings. The fourth-order valence-electron chi connectivity index (χ4n) is 2.03. The second-order valence-electron chi connectivity index (χ2n) is 5.59. The summed E-state index contributed by atoms with van der Waals surface area (Å²) in [6.07, 6.45) is 1.35. The molecular formula is C19H18BrFN4O4. The SMILES string of the molecule is CCNC(=O)C(=O)N/N=C\c1ccc(OCC(=O)Nc2ccc(Br)cc2F)cc1. The van der Waals surface area contributed by atoms with E-state index >= 15 is 0 Å². The van der Waals surface area contributed by atoms with E-state index in [9.17, 15) is 18.8 Å². The molecule has 0 radical (unpaired) electrons. The van der Waals surface area contributed by atoms with Crippen molar-refractivity contribution in [3.8, 4) is 5.75 Å². The first-order chi connectivity index (χ1) is 13.9. The second kappa shape index (κ2) is 10.9. The number of carbonyl (C=O) groups is 3. The van der Waals surface area contributed by atoms with E-state index in [0.29, 0.717) is 22.3 Å². The minimum atomic E-state index is -0.865. The molecule has 2 aromatic carbocycles. The summed E-state index contributed by atoms with van der Waals surface area (Å²) in [7, 11) is 0. The van der Waals surface area contributed by atoms with Crippen LogP contribution in [0, 0.1) is 5.82 Å². The number of hydrogen-bond acceptors (Lipinski definition) is 5. The molecule has 0 bridgehead atoms. The summed E-state index contributed by atoms with van der Waals surface area (Å²) in [5.74, 6) is -2.29. The lowest BCUT2D eigenvalue weighted by Crippen LogP contribution is -2.37. The average molecular weight is 465 g/mol. The monoisotopic (exact) mass is 464 g/mol. The molecule has 2 aromatic rings. The second-order valence-corrected chi connectivity index (χ2v) is 6.50. The molecule has 2 rings (SSSR count). The van der Waals surface area contributed by atoms with Crippen LogP contribution in [0.3, 0.4) is 0 Å². The number of anilines is 1. The molecule has 0 aliphatic carbocycles. The first kappa shape index (κ1) is 22.0. The first-order valence-electron chi connectivity index (χ1n) is 8.48. The van der Waals surface area contributed by atoms with E-state index in [-0.39, 0.29) is 12.3 Å². The zero-order valence-electron chi connectivity index (χ0n) is 15.4.